The van der Waals surface area contributed by atoms with E-state index >= 15 is 0 Å². The quantitative estimate of drug-likeness (QED) is 0.290. The second-order valence-electron chi connectivity index (χ2n) is 10.9. The summed E-state index contributed by atoms with van der Waals surface area (Å²) in [6.45, 7) is 3.46. The van der Waals surface area contributed by atoms with Gasteiger partial charge >= 0.3 is 0 Å². The van der Waals surface area contributed by atoms with Gasteiger partial charge in [0.15, 0.2) is 5.75 Å². The van der Waals surface area contributed by atoms with E-state index in [1.807, 2.05) is 0 Å². The smallest absolute Gasteiger partial charge is 0.264 e. The fourth-order valence-electron chi connectivity index (χ4n) is 5.72. The Kier molecular flexibility index (Phi) is 8.23. The topological polar surface area (TPSA) is 74.8 Å². The maximum atomic E-state index is 14.0. The van der Waals surface area contributed by atoms with E-state index in [2.05, 4.69) is 45.5 Å². The number of pyridine rings is 1. The van der Waals surface area contributed by atoms with Crippen LogP contribution < -0.4 is 15.0 Å². The van der Waals surface area contributed by atoms with E-state index in [0.29, 0.717) is 40.6 Å². The van der Waals surface area contributed by atoms with Crippen molar-refractivity contribution in [2.45, 2.75) is 25.8 Å². The average molecular weight is 565 g/mol. The second kappa shape index (κ2) is 12.5. The molecular weight excluding hydrogens is 531 g/mol. The Morgan fingerprint density at radius 2 is 1.76 bits per heavy atom. The standard InChI is InChI=1S/C34H33FN4O3/c35-28-9-4-8-26(21-28)23-39-30-22-27(11-12-31(30)42-33-29(34(39)41)10-5-15-37-33)32(40)36-16-19-38-17-13-25(14-18-38)20-24-6-2-1-3-7-24/h1-12,15,21-22,25H,13-14,16-20,23H2,(H,36,40). The van der Waals surface area contributed by atoms with Gasteiger partial charge in [-0.25, -0.2) is 9.37 Å². The molecule has 8 heteroatoms. The van der Waals surface area contributed by atoms with Gasteiger partial charge in [0.2, 0.25) is 5.88 Å². The number of ether oxygens (including phenoxy) is 1. The number of carbonyl (C=O) groups is 2. The molecule has 2 amide bonds. The molecule has 2 aliphatic rings. The van der Waals surface area contributed by atoms with Crippen LogP contribution in [0.15, 0.2) is 91.1 Å². The van der Waals surface area contributed by atoms with Gasteiger partial charge in [-0.2, -0.15) is 0 Å². The highest BCUT2D eigenvalue weighted by atomic mass is 19.1. The number of rotatable bonds is 8. The lowest BCUT2D eigenvalue weighted by molar-refractivity contribution is 0.0941. The molecule has 0 unspecified atom stereocenters. The third-order valence-corrected chi connectivity index (χ3v) is 7.98. The van der Waals surface area contributed by atoms with Gasteiger partial charge < -0.3 is 19.9 Å². The summed E-state index contributed by atoms with van der Waals surface area (Å²) in [5, 5.41) is 3.03. The largest absolute Gasteiger partial charge is 0.436 e. The molecule has 1 N–H and O–H groups in total. The van der Waals surface area contributed by atoms with Crippen LogP contribution in [0.3, 0.4) is 0 Å². The number of fused-ring (bicyclic) bond motifs is 2. The van der Waals surface area contributed by atoms with Crippen LogP contribution in [0, 0.1) is 11.7 Å². The Hall–Kier alpha value is -4.56. The summed E-state index contributed by atoms with van der Waals surface area (Å²) in [5.41, 5.74) is 3.14. The summed E-state index contributed by atoms with van der Waals surface area (Å²) in [6.07, 6.45) is 4.98. The number of nitrogens with one attached hydrogen (secondary N) is 1. The molecule has 1 fully saturated rings. The van der Waals surface area contributed by atoms with Crippen molar-refractivity contribution in [1.82, 2.24) is 15.2 Å². The molecule has 42 heavy (non-hydrogen) atoms. The van der Waals surface area contributed by atoms with E-state index in [1.165, 1.54) is 22.6 Å². The van der Waals surface area contributed by atoms with Crippen molar-refractivity contribution in [3.8, 4) is 11.6 Å². The highest BCUT2D eigenvalue weighted by Crippen LogP contribution is 2.39. The first kappa shape index (κ1) is 27.6. The van der Waals surface area contributed by atoms with Crippen LogP contribution >= 0.6 is 0 Å². The summed E-state index contributed by atoms with van der Waals surface area (Å²) in [6, 6.07) is 25.1. The van der Waals surface area contributed by atoms with E-state index in [4.69, 9.17) is 4.74 Å². The van der Waals surface area contributed by atoms with Gasteiger partial charge in [-0.1, -0.05) is 42.5 Å². The maximum absolute atomic E-state index is 14.0. The highest BCUT2D eigenvalue weighted by molar-refractivity contribution is 6.10. The summed E-state index contributed by atoms with van der Waals surface area (Å²) >= 11 is 0. The van der Waals surface area contributed by atoms with Crippen LogP contribution in [0.4, 0.5) is 10.1 Å². The monoisotopic (exact) mass is 564 g/mol. The second-order valence-corrected chi connectivity index (χ2v) is 10.9. The van der Waals surface area contributed by atoms with Crippen LogP contribution in [-0.2, 0) is 13.0 Å². The lowest BCUT2D eigenvalue weighted by atomic mass is 9.90. The van der Waals surface area contributed by atoms with Crippen molar-refractivity contribution in [2.24, 2.45) is 5.92 Å². The molecule has 0 aliphatic carbocycles. The summed E-state index contributed by atoms with van der Waals surface area (Å²) in [7, 11) is 0. The van der Waals surface area contributed by atoms with Crippen molar-refractivity contribution in [3.63, 3.8) is 0 Å². The lowest BCUT2D eigenvalue weighted by Gasteiger charge is -2.32. The zero-order valence-corrected chi connectivity index (χ0v) is 23.3. The van der Waals surface area contributed by atoms with Crippen molar-refractivity contribution >= 4 is 17.5 Å². The third kappa shape index (κ3) is 6.34. The first-order chi connectivity index (χ1) is 20.5. The number of hydrogen-bond donors (Lipinski definition) is 1. The van der Waals surface area contributed by atoms with Gasteiger partial charge in [-0.05, 0) is 91.9 Å². The SMILES string of the molecule is O=C(NCCN1CCC(Cc2ccccc2)CC1)c1ccc2c(c1)N(Cc1cccc(F)c1)C(=O)c1cccnc1O2. The zero-order chi connectivity index (χ0) is 28.9. The van der Waals surface area contributed by atoms with Gasteiger partial charge in [0.25, 0.3) is 11.8 Å². The molecule has 0 atom stereocenters. The minimum Gasteiger partial charge on any atom is -0.436 e. The van der Waals surface area contributed by atoms with Crippen LogP contribution in [0.1, 0.15) is 44.7 Å². The molecule has 2 aliphatic heterocycles. The number of benzene rings is 3. The molecule has 214 valence electrons. The molecule has 3 aromatic carbocycles. The van der Waals surface area contributed by atoms with Gasteiger partial charge in [0.05, 0.1) is 12.2 Å². The number of halogens is 1. The molecule has 1 saturated heterocycles. The van der Waals surface area contributed by atoms with E-state index < -0.39 is 0 Å². The minimum absolute atomic E-state index is 0.104. The summed E-state index contributed by atoms with van der Waals surface area (Å²) < 4.78 is 20.0. The predicted octanol–water partition coefficient (Wildman–Crippen LogP) is 5.86. The third-order valence-electron chi connectivity index (χ3n) is 7.98. The minimum atomic E-state index is -0.387. The van der Waals surface area contributed by atoms with Gasteiger partial charge in [0, 0.05) is 24.8 Å². The number of likely N-dealkylation sites (tertiary alicyclic amines) is 1. The molecule has 0 radical (unpaired) electrons. The lowest BCUT2D eigenvalue weighted by Crippen LogP contribution is -2.40. The molecule has 0 spiro atoms. The van der Waals surface area contributed by atoms with E-state index in [9.17, 15) is 14.0 Å². The Morgan fingerprint density at radius 1 is 0.952 bits per heavy atom. The molecular formula is C34H33FN4O3. The predicted molar refractivity (Wildman–Crippen MR) is 159 cm³/mol. The first-order valence-corrected chi connectivity index (χ1v) is 14.4. The molecule has 3 heterocycles. The number of piperidine rings is 1. The number of amides is 2. The molecule has 7 nitrogen and oxygen atoms in total. The fraction of sp³-hybridized carbons (Fsp3) is 0.265. The van der Waals surface area contributed by atoms with Crippen LogP contribution in [0.5, 0.6) is 11.6 Å². The van der Waals surface area contributed by atoms with Crippen molar-refractivity contribution < 1.29 is 18.7 Å². The van der Waals surface area contributed by atoms with Crippen LogP contribution in [0.2, 0.25) is 0 Å². The normalized spacial score (nSPS) is 15.4. The van der Waals surface area contributed by atoms with Gasteiger partial charge in [0.1, 0.15) is 11.4 Å². The molecule has 4 aromatic rings. The van der Waals surface area contributed by atoms with E-state index in [1.54, 1.807) is 48.7 Å². The fourth-order valence-corrected chi connectivity index (χ4v) is 5.72. The van der Waals surface area contributed by atoms with Crippen LogP contribution in [0.25, 0.3) is 0 Å². The number of carbonyl (C=O) groups excluding carboxylic acids is 2. The Bertz CT molecular complexity index is 1570. The number of anilines is 1. The molecule has 1 aromatic heterocycles. The molecule has 0 saturated carbocycles. The van der Waals surface area contributed by atoms with E-state index in [-0.39, 0.29) is 30.1 Å². The number of nitrogens with zero attached hydrogens (tertiary/aromatic N) is 3. The van der Waals surface area contributed by atoms with Crippen LogP contribution in [-0.4, -0.2) is 47.9 Å². The van der Waals surface area contributed by atoms with Gasteiger partial charge in [-0.15, -0.1) is 0 Å². The van der Waals surface area contributed by atoms with Crippen molar-refractivity contribution in [2.75, 3.05) is 31.1 Å². The van der Waals surface area contributed by atoms with Crippen molar-refractivity contribution in [1.29, 1.82) is 0 Å². The Morgan fingerprint density at radius 3 is 2.57 bits per heavy atom. The number of aromatic nitrogens is 1. The van der Waals surface area contributed by atoms with Gasteiger partial charge in [-0.3, -0.25) is 9.59 Å². The van der Waals surface area contributed by atoms with Crippen molar-refractivity contribution in [3.05, 3.63) is 119 Å². The Labute approximate surface area is 244 Å². The Balaban J connectivity index is 1.11. The maximum Gasteiger partial charge on any atom is 0.264 e. The number of hydrogen-bond acceptors (Lipinski definition) is 5. The summed E-state index contributed by atoms with van der Waals surface area (Å²) in [5.74, 6) is 0.327. The molecule has 6 rings (SSSR count). The average Bonchev–Trinajstić information content (AvgIpc) is 3.12. The first-order valence-electron chi connectivity index (χ1n) is 14.4. The molecule has 0 bridgehead atoms. The zero-order valence-electron chi connectivity index (χ0n) is 23.3. The van der Waals surface area contributed by atoms with E-state index in [0.717, 1.165) is 38.9 Å². The highest BCUT2D eigenvalue weighted by Gasteiger charge is 2.30. The summed E-state index contributed by atoms with van der Waals surface area (Å²) in [4.78, 5) is 35.0.